The van der Waals surface area contributed by atoms with Crippen molar-refractivity contribution >= 4 is 5.91 Å². The first-order valence-corrected chi connectivity index (χ1v) is 6.54. The normalized spacial score (nSPS) is 25.9. The minimum Gasteiger partial charge on any atom is -0.378 e. The molecule has 1 unspecified atom stereocenters. The van der Waals surface area contributed by atoms with E-state index < -0.39 is 0 Å². The molecule has 0 bridgehead atoms. The summed E-state index contributed by atoms with van der Waals surface area (Å²) in [4.78, 5) is 16.4. The molecule has 0 radical (unpaired) electrons. The van der Waals surface area contributed by atoms with E-state index in [1.165, 1.54) is 0 Å². The third kappa shape index (κ3) is 3.18. The van der Waals surface area contributed by atoms with Gasteiger partial charge in [0, 0.05) is 32.2 Å². The molecule has 2 rings (SSSR count). The lowest BCUT2D eigenvalue weighted by atomic mass is 10.0. The summed E-state index contributed by atoms with van der Waals surface area (Å²) in [6, 6.07) is 0.303. The molecule has 98 valence electrons. The molecule has 2 aliphatic heterocycles. The SMILES string of the molecule is CC(C(=O)N1CCOCC1)N1CCC(N)CC1. The van der Waals surface area contributed by atoms with Crippen LogP contribution in [0.1, 0.15) is 19.8 Å². The number of nitrogens with zero attached hydrogens (tertiary/aromatic N) is 2. The van der Waals surface area contributed by atoms with Crippen LogP contribution in [-0.2, 0) is 9.53 Å². The number of carbonyl (C=O) groups is 1. The first kappa shape index (κ1) is 12.8. The fraction of sp³-hybridized carbons (Fsp3) is 0.917. The van der Waals surface area contributed by atoms with E-state index in [-0.39, 0.29) is 11.9 Å². The maximum absolute atomic E-state index is 12.3. The Balaban J connectivity index is 1.85. The monoisotopic (exact) mass is 241 g/mol. The number of morpholine rings is 1. The van der Waals surface area contributed by atoms with Gasteiger partial charge in [-0.05, 0) is 19.8 Å². The van der Waals surface area contributed by atoms with Crippen LogP contribution in [0.2, 0.25) is 0 Å². The molecule has 17 heavy (non-hydrogen) atoms. The lowest BCUT2D eigenvalue weighted by molar-refractivity contribution is -0.140. The largest absolute Gasteiger partial charge is 0.378 e. The molecule has 2 heterocycles. The molecule has 0 aromatic rings. The first-order valence-electron chi connectivity index (χ1n) is 6.54. The summed E-state index contributed by atoms with van der Waals surface area (Å²) in [5.74, 6) is 0.240. The van der Waals surface area contributed by atoms with Crippen molar-refractivity contribution in [1.29, 1.82) is 0 Å². The van der Waals surface area contributed by atoms with Gasteiger partial charge in [-0.1, -0.05) is 0 Å². The number of amides is 1. The number of nitrogens with two attached hydrogens (primary N) is 1. The van der Waals surface area contributed by atoms with E-state index in [9.17, 15) is 4.79 Å². The van der Waals surface area contributed by atoms with E-state index in [0.717, 1.165) is 39.0 Å². The zero-order valence-electron chi connectivity index (χ0n) is 10.6. The summed E-state index contributed by atoms with van der Waals surface area (Å²) < 4.78 is 5.27. The Morgan fingerprint density at radius 3 is 2.41 bits per heavy atom. The molecule has 0 saturated carbocycles. The summed E-state index contributed by atoms with van der Waals surface area (Å²) in [5.41, 5.74) is 5.88. The standard InChI is InChI=1S/C12H23N3O2/c1-10(14-4-2-11(13)3-5-14)12(16)15-6-8-17-9-7-15/h10-11H,2-9,13H2,1H3. The molecule has 0 aliphatic carbocycles. The van der Waals surface area contributed by atoms with Crippen LogP contribution in [0.3, 0.4) is 0 Å². The van der Waals surface area contributed by atoms with Crippen LogP contribution < -0.4 is 5.73 Å². The van der Waals surface area contributed by atoms with E-state index in [1.807, 2.05) is 11.8 Å². The van der Waals surface area contributed by atoms with E-state index in [1.54, 1.807) is 0 Å². The van der Waals surface area contributed by atoms with Gasteiger partial charge in [0.05, 0.1) is 19.3 Å². The van der Waals surface area contributed by atoms with Crippen LogP contribution in [0.4, 0.5) is 0 Å². The summed E-state index contributed by atoms with van der Waals surface area (Å²) in [6.07, 6.45) is 2.00. The first-order chi connectivity index (χ1) is 8.18. The van der Waals surface area contributed by atoms with Gasteiger partial charge in [-0.3, -0.25) is 9.69 Å². The van der Waals surface area contributed by atoms with Gasteiger partial charge in [0.25, 0.3) is 0 Å². The highest BCUT2D eigenvalue weighted by Gasteiger charge is 2.29. The molecule has 0 aromatic carbocycles. The Labute approximate surface area is 103 Å². The molecular weight excluding hydrogens is 218 g/mol. The van der Waals surface area contributed by atoms with Crippen molar-refractivity contribution < 1.29 is 9.53 Å². The second-order valence-electron chi connectivity index (χ2n) is 4.99. The summed E-state index contributed by atoms with van der Waals surface area (Å²) in [6.45, 7) is 6.70. The van der Waals surface area contributed by atoms with Crippen LogP contribution in [0.5, 0.6) is 0 Å². The maximum Gasteiger partial charge on any atom is 0.239 e. The minimum absolute atomic E-state index is 0.0133. The highest BCUT2D eigenvalue weighted by atomic mass is 16.5. The van der Waals surface area contributed by atoms with Gasteiger partial charge in [-0.15, -0.1) is 0 Å². The fourth-order valence-corrected chi connectivity index (χ4v) is 2.51. The van der Waals surface area contributed by atoms with Crippen molar-refractivity contribution in [3.05, 3.63) is 0 Å². The molecule has 0 aromatic heterocycles. The highest BCUT2D eigenvalue weighted by Crippen LogP contribution is 2.13. The summed E-state index contributed by atoms with van der Waals surface area (Å²) >= 11 is 0. The van der Waals surface area contributed by atoms with E-state index in [4.69, 9.17) is 10.5 Å². The minimum atomic E-state index is -0.0133. The number of piperidine rings is 1. The van der Waals surface area contributed by atoms with Gasteiger partial charge in [0.1, 0.15) is 0 Å². The quantitative estimate of drug-likeness (QED) is 0.718. The molecule has 0 spiro atoms. The average molecular weight is 241 g/mol. The Morgan fingerprint density at radius 1 is 1.24 bits per heavy atom. The zero-order valence-corrected chi connectivity index (χ0v) is 10.6. The van der Waals surface area contributed by atoms with E-state index in [2.05, 4.69) is 4.90 Å². The molecule has 1 amide bonds. The second kappa shape index (κ2) is 5.80. The van der Waals surface area contributed by atoms with Gasteiger partial charge in [0.2, 0.25) is 5.91 Å². The Kier molecular flexibility index (Phi) is 4.36. The maximum atomic E-state index is 12.3. The number of likely N-dealkylation sites (tertiary alicyclic amines) is 1. The molecule has 2 N–H and O–H groups in total. The van der Waals surface area contributed by atoms with Crippen LogP contribution in [-0.4, -0.2) is 67.2 Å². The summed E-state index contributed by atoms with van der Waals surface area (Å²) in [5, 5.41) is 0. The molecule has 2 aliphatic rings. The lowest BCUT2D eigenvalue weighted by Crippen LogP contribution is -2.53. The number of carbonyl (C=O) groups excluding carboxylic acids is 1. The average Bonchev–Trinajstić information content (AvgIpc) is 2.39. The summed E-state index contributed by atoms with van der Waals surface area (Å²) in [7, 11) is 0. The van der Waals surface area contributed by atoms with Gasteiger partial charge in [-0.2, -0.15) is 0 Å². The Hall–Kier alpha value is -0.650. The van der Waals surface area contributed by atoms with Gasteiger partial charge >= 0.3 is 0 Å². The van der Waals surface area contributed by atoms with Gasteiger partial charge in [-0.25, -0.2) is 0 Å². The number of ether oxygens (including phenoxy) is 1. The smallest absolute Gasteiger partial charge is 0.239 e. The van der Waals surface area contributed by atoms with E-state index >= 15 is 0 Å². The number of hydrogen-bond acceptors (Lipinski definition) is 4. The second-order valence-corrected chi connectivity index (χ2v) is 4.99. The van der Waals surface area contributed by atoms with Crippen molar-refractivity contribution in [2.75, 3.05) is 39.4 Å². The third-order valence-electron chi connectivity index (χ3n) is 3.80. The highest BCUT2D eigenvalue weighted by molar-refractivity contribution is 5.81. The number of rotatable bonds is 2. The van der Waals surface area contributed by atoms with E-state index in [0.29, 0.717) is 19.3 Å². The zero-order chi connectivity index (χ0) is 12.3. The molecule has 2 saturated heterocycles. The van der Waals surface area contributed by atoms with Gasteiger partial charge in [0.15, 0.2) is 0 Å². The van der Waals surface area contributed by atoms with Crippen molar-refractivity contribution in [2.45, 2.75) is 31.8 Å². The topological polar surface area (TPSA) is 58.8 Å². The molecule has 1 atom stereocenters. The van der Waals surface area contributed by atoms with Crippen LogP contribution >= 0.6 is 0 Å². The predicted octanol–water partition coefficient (Wildman–Crippen LogP) is -0.343. The molecular formula is C12H23N3O2. The van der Waals surface area contributed by atoms with Crippen molar-refractivity contribution in [3.63, 3.8) is 0 Å². The third-order valence-corrected chi connectivity index (χ3v) is 3.80. The van der Waals surface area contributed by atoms with Crippen molar-refractivity contribution in [3.8, 4) is 0 Å². The van der Waals surface area contributed by atoms with Crippen LogP contribution in [0.25, 0.3) is 0 Å². The molecule has 2 fully saturated rings. The molecule has 5 heteroatoms. The predicted molar refractivity (Wildman–Crippen MR) is 65.6 cm³/mol. The van der Waals surface area contributed by atoms with Crippen LogP contribution in [0, 0.1) is 0 Å². The Bertz CT molecular complexity index is 258. The number of hydrogen-bond donors (Lipinski definition) is 1. The lowest BCUT2D eigenvalue weighted by Gasteiger charge is -2.37. The van der Waals surface area contributed by atoms with Crippen molar-refractivity contribution in [2.24, 2.45) is 5.73 Å². The fourth-order valence-electron chi connectivity index (χ4n) is 2.51. The van der Waals surface area contributed by atoms with Gasteiger partial charge < -0.3 is 15.4 Å². The van der Waals surface area contributed by atoms with Crippen molar-refractivity contribution in [1.82, 2.24) is 9.80 Å². The molecule has 5 nitrogen and oxygen atoms in total. The Morgan fingerprint density at radius 2 is 1.82 bits per heavy atom. The van der Waals surface area contributed by atoms with Crippen LogP contribution in [0.15, 0.2) is 0 Å².